The highest BCUT2D eigenvalue weighted by atomic mass is 16.5. The van der Waals surface area contributed by atoms with E-state index in [1.54, 1.807) is 0 Å². The molecule has 0 bridgehead atoms. The van der Waals surface area contributed by atoms with Crippen molar-refractivity contribution in [2.45, 2.75) is 90.8 Å². The second-order valence-electron chi connectivity index (χ2n) is 9.83. The van der Waals surface area contributed by atoms with Gasteiger partial charge in [-0.15, -0.1) is 0 Å². The molecule has 1 aromatic carbocycles. The second-order valence-corrected chi connectivity index (χ2v) is 9.83. The minimum absolute atomic E-state index is 0.0238. The fourth-order valence-corrected chi connectivity index (χ4v) is 4.04. The fraction of sp³-hybridized carbons (Fsp3) is 0.696. The predicted octanol–water partition coefficient (Wildman–Crippen LogP) is 5.43. The summed E-state index contributed by atoms with van der Waals surface area (Å²) in [6.07, 6.45) is 1.84. The third-order valence-corrected chi connectivity index (χ3v) is 6.99. The van der Waals surface area contributed by atoms with Crippen LogP contribution in [0.25, 0.3) is 0 Å². The van der Waals surface area contributed by atoms with Crippen LogP contribution >= 0.6 is 0 Å². The van der Waals surface area contributed by atoms with E-state index in [0.717, 1.165) is 12.8 Å². The molecule has 1 aliphatic rings. The van der Waals surface area contributed by atoms with E-state index in [4.69, 9.17) is 4.74 Å². The van der Waals surface area contributed by atoms with Crippen molar-refractivity contribution in [3.05, 3.63) is 35.4 Å². The summed E-state index contributed by atoms with van der Waals surface area (Å²) in [5, 5.41) is 0. The Bertz CT molecular complexity index is 636. The number of nitrogens with zero attached hydrogens (tertiary/aromatic N) is 1. The van der Waals surface area contributed by atoms with Crippen molar-refractivity contribution in [3.8, 4) is 0 Å². The lowest BCUT2D eigenvalue weighted by Gasteiger charge is -2.57. The van der Waals surface area contributed by atoms with E-state index in [0.29, 0.717) is 5.56 Å². The number of hydrogen-bond donors (Lipinski definition) is 0. The maximum Gasteiger partial charge on any atom is 0.338 e. The highest BCUT2D eigenvalue weighted by Crippen LogP contribution is 2.43. The molecule has 0 saturated carbocycles. The van der Waals surface area contributed by atoms with Gasteiger partial charge in [-0.1, -0.05) is 46.8 Å². The van der Waals surface area contributed by atoms with Crippen LogP contribution in [0.1, 0.15) is 84.2 Å². The summed E-state index contributed by atoms with van der Waals surface area (Å²) in [7, 11) is 2.20. The molecule has 1 aliphatic heterocycles. The Balaban J connectivity index is 2.20. The van der Waals surface area contributed by atoms with Gasteiger partial charge < -0.3 is 4.74 Å². The first-order valence-corrected chi connectivity index (χ1v) is 9.88. The average molecular weight is 360 g/mol. The number of ether oxygens (including phenoxy) is 1. The average Bonchev–Trinajstić information content (AvgIpc) is 2.57. The van der Waals surface area contributed by atoms with Crippen LogP contribution in [0.4, 0.5) is 0 Å². The van der Waals surface area contributed by atoms with E-state index < -0.39 is 0 Å². The van der Waals surface area contributed by atoms with Crippen molar-refractivity contribution < 1.29 is 9.53 Å². The molecule has 3 heteroatoms. The molecule has 1 fully saturated rings. The Morgan fingerprint density at radius 1 is 1.19 bits per heavy atom. The van der Waals surface area contributed by atoms with Crippen LogP contribution < -0.4 is 0 Å². The van der Waals surface area contributed by atoms with Crippen molar-refractivity contribution in [3.63, 3.8) is 0 Å². The van der Waals surface area contributed by atoms with Crippen molar-refractivity contribution in [2.24, 2.45) is 5.92 Å². The molecule has 0 amide bonds. The number of benzene rings is 1. The molecule has 3 unspecified atom stereocenters. The summed E-state index contributed by atoms with van der Waals surface area (Å²) in [5.41, 5.74) is 1.96. The van der Waals surface area contributed by atoms with Gasteiger partial charge in [0, 0.05) is 23.4 Å². The van der Waals surface area contributed by atoms with Crippen molar-refractivity contribution in [1.29, 1.82) is 0 Å². The van der Waals surface area contributed by atoms with Crippen LogP contribution in [0, 0.1) is 5.92 Å². The molecule has 0 radical (unpaired) electrons. The Morgan fingerprint density at radius 2 is 1.73 bits per heavy atom. The number of carbonyl (C=O) groups is 1. The van der Waals surface area contributed by atoms with Crippen LogP contribution in [0.5, 0.6) is 0 Å². The molecule has 2 rings (SSSR count). The van der Waals surface area contributed by atoms with E-state index in [2.05, 4.69) is 67.3 Å². The summed E-state index contributed by atoms with van der Waals surface area (Å²) in [5.74, 6) is 0.0611. The summed E-state index contributed by atoms with van der Waals surface area (Å²) in [6.45, 7) is 17.7. The van der Waals surface area contributed by atoms with Crippen molar-refractivity contribution in [2.75, 3.05) is 7.05 Å². The zero-order chi connectivity index (χ0) is 19.9. The van der Waals surface area contributed by atoms with E-state index in [1.807, 2.05) is 24.3 Å². The highest BCUT2D eigenvalue weighted by Gasteiger charge is 2.50. The van der Waals surface area contributed by atoms with Gasteiger partial charge in [0.05, 0.1) is 5.56 Å². The third-order valence-electron chi connectivity index (χ3n) is 6.99. The lowest BCUT2D eigenvalue weighted by atomic mass is 9.70. The molecule has 0 spiro atoms. The topological polar surface area (TPSA) is 29.5 Å². The Kier molecular flexibility index (Phi) is 5.64. The van der Waals surface area contributed by atoms with E-state index in [1.165, 1.54) is 5.56 Å². The van der Waals surface area contributed by atoms with Gasteiger partial charge >= 0.3 is 5.97 Å². The Labute approximate surface area is 160 Å². The molecule has 1 saturated heterocycles. The van der Waals surface area contributed by atoms with Crippen LogP contribution in [-0.2, 0) is 10.2 Å². The minimum atomic E-state index is -0.207. The summed E-state index contributed by atoms with van der Waals surface area (Å²) in [6, 6.07) is 7.86. The summed E-state index contributed by atoms with van der Waals surface area (Å²) >= 11 is 0. The normalized spacial score (nSPS) is 29.4. The molecule has 3 atom stereocenters. The zero-order valence-corrected chi connectivity index (χ0v) is 18.1. The number of rotatable bonds is 3. The lowest BCUT2D eigenvalue weighted by molar-refractivity contribution is -0.118. The van der Waals surface area contributed by atoms with E-state index in [9.17, 15) is 4.79 Å². The molecule has 1 heterocycles. The molecule has 0 aliphatic carbocycles. The largest absolute Gasteiger partial charge is 0.458 e. The van der Waals surface area contributed by atoms with Gasteiger partial charge in [-0.25, -0.2) is 4.79 Å². The summed E-state index contributed by atoms with van der Waals surface area (Å²) < 4.78 is 6.03. The van der Waals surface area contributed by atoms with E-state index in [-0.39, 0.29) is 34.5 Å². The molecule has 3 nitrogen and oxygen atoms in total. The van der Waals surface area contributed by atoms with E-state index >= 15 is 0 Å². The monoisotopic (exact) mass is 359 g/mol. The molecule has 26 heavy (non-hydrogen) atoms. The van der Waals surface area contributed by atoms with Crippen molar-refractivity contribution in [1.82, 2.24) is 4.90 Å². The van der Waals surface area contributed by atoms with Crippen molar-refractivity contribution >= 4 is 5.97 Å². The van der Waals surface area contributed by atoms with Gasteiger partial charge in [0.1, 0.15) is 6.10 Å². The third kappa shape index (κ3) is 3.83. The number of carbonyl (C=O) groups excluding carboxylic acids is 1. The van der Waals surface area contributed by atoms with Gasteiger partial charge in [-0.05, 0) is 57.4 Å². The first kappa shape index (κ1) is 21.0. The maximum absolute atomic E-state index is 12.8. The van der Waals surface area contributed by atoms with Crippen LogP contribution in [0.15, 0.2) is 24.3 Å². The number of hydrogen-bond acceptors (Lipinski definition) is 3. The lowest BCUT2D eigenvalue weighted by Crippen LogP contribution is -2.65. The highest BCUT2D eigenvalue weighted by molar-refractivity contribution is 5.89. The van der Waals surface area contributed by atoms with Crippen LogP contribution in [0.2, 0.25) is 0 Å². The first-order chi connectivity index (χ1) is 11.8. The van der Waals surface area contributed by atoms with Gasteiger partial charge in [0.2, 0.25) is 0 Å². The summed E-state index contributed by atoms with van der Waals surface area (Å²) in [4.78, 5) is 15.2. The molecular formula is C23H37NO2. The molecule has 146 valence electrons. The standard InChI is InChI=1S/C23H37NO2/c1-10-23(8)15-19(16(2)22(6,7)24(23)9)26-20(25)17-11-13-18(14-12-17)21(3,4)5/h11-14,16,19H,10,15H2,1-9H3. The minimum Gasteiger partial charge on any atom is -0.458 e. The number of piperidine rings is 1. The van der Waals surface area contributed by atoms with Gasteiger partial charge in [-0.2, -0.15) is 0 Å². The van der Waals surface area contributed by atoms with Gasteiger partial charge in [0.15, 0.2) is 0 Å². The number of likely N-dealkylation sites (tertiary alicyclic amines) is 1. The smallest absolute Gasteiger partial charge is 0.338 e. The SMILES string of the molecule is CCC1(C)CC(OC(=O)c2ccc(C(C)(C)C)cc2)C(C)C(C)(C)N1C. The zero-order valence-electron chi connectivity index (χ0n) is 18.1. The molecule has 1 aromatic rings. The van der Waals surface area contributed by atoms with Gasteiger partial charge in [-0.3, -0.25) is 4.90 Å². The number of esters is 1. The second kappa shape index (κ2) is 6.99. The van der Waals surface area contributed by atoms with Gasteiger partial charge in [0.25, 0.3) is 0 Å². The molecule has 0 aromatic heterocycles. The maximum atomic E-state index is 12.8. The first-order valence-electron chi connectivity index (χ1n) is 9.88. The fourth-order valence-electron chi connectivity index (χ4n) is 4.04. The van der Waals surface area contributed by atoms with Crippen LogP contribution in [0.3, 0.4) is 0 Å². The predicted molar refractivity (Wildman–Crippen MR) is 109 cm³/mol. The Morgan fingerprint density at radius 3 is 2.19 bits per heavy atom. The Hall–Kier alpha value is -1.35. The van der Waals surface area contributed by atoms with Crippen LogP contribution in [-0.4, -0.2) is 35.1 Å². The quantitative estimate of drug-likeness (QED) is 0.674. The molecular weight excluding hydrogens is 322 g/mol. The molecule has 0 N–H and O–H groups in total.